The molecule has 0 aliphatic heterocycles. The molecular formula is C18H21IN4O3S2. The maximum Gasteiger partial charge on any atom is 0.230 e. The fraction of sp³-hybridized carbons (Fsp3) is 0.389. The number of unbranched alkanes of at least 4 members (excludes halogenated alkanes) is 2. The van der Waals surface area contributed by atoms with Gasteiger partial charge in [0.25, 0.3) is 0 Å². The van der Waals surface area contributed by atoms with Crippen molar-refractivity contribution >= 4 is 67.8 Å². The van der Waals surface area contributed by atoms with Crippen LogP contribution in [0, 0.1) is 3.57 Å². The molecule has 150 valence electrons. The SMILES string of the molecule is CC(=O)SCC(=O)NCCCCCC(=O)Nc1nnc(-c2ccc(I)cc2)s1. The molecule has 2 N–H and O–H groups in total. The van der Waals surface area contributed by atoms with Crippen LogP contribution < -0.4 is 10.6 Å². The van der Waals surface area contributed by atoms with Gasteiger partial charge in [-0.2, -0.15) is 0 Å². The predicted octanol–water partition coefficient (Wildman–Crippen LogP) is 3.70. The molecule has 0 aliphatic rings. The summed E-state index contributed by atoms with van der Waals surface area (Å²) in [5.41, 5.74) is 0.974. The third kappa shape index (κ3) is 8.65. The number of nitrogens with zero attached hydrogens (tertiary/aromatic N) is 2. The van der Waals surface area contributed by atoms with Crippen LogP contribution in [0.4, 0.5) is 5.13 Å². The average molecular weight is 532 g/mol. The molecule has 10 heteroatoms. The minimum Gasteiger partial charge on any atom is -0.355 e. The van der Waals surface area contributed by atoms with E-state index in [4.69, 9.17) is 0 Å². The van der Waals surface area contributed by atoms with Gasteiger partial charge in [0.15, 0.2) is 5.12 Å². The lowest BCUT2D eigenvalue weighted by Crippen LogP contribution is -2.26. The Morgan fingerprint density at radius 2 is 1.82 bits per heavy atom. The molecule has 28 heavy (non-hydrogen) atoms. The molecule has 0 spiro atoms. The van der Waals surface area contributed by atoms with E-state index in [1.807, 2.05) is 24.3 Å². The van der Waals surface area contributed by atoms with E-state index in [9.17, 15) is 14.4 Å². The molecule has 0 bridgehead atoms. The van der Waals surface area contributed by atoms with Crippen LogP contribution in [0.2, 0.25) is 0 Å². The molecule has 1 heterocycles. The highest BCUT2D eigenvalue weighted by Crippen LogP contribution is 2.26. The van der Waals surface area contributed by atoms with Crippen LogP contribution in [0.25, 0.3) is 10.6 Å². The van der Waals surface area contributed by atoms with E-state index in [1.165, 1.54) is 18.3 Å². The smallest absolute Gasteiger partial charge is 0.230 e. The minimum atomic E-state index is -0.141. The topological polar surface area (TPSA) is 101 Å². The summed E-state index contributed by atoms with van der Waals surface area (Å²) in [5.74, 6) is -0.0746. The number of halogens is 1. The first-order valence-corrected chi connectivity index (χ1v) is 11.6. The summed E-state index contributed by atoms with van der Waals surface area (Å²) in [4.78, 5) is 34.2. The third-order valence-corrected chi connectivity index (χ3v) is 5.99. The second kappa shape index (κ2) is 12.1. The molecule has 0 atom stereocenters. The summed E-state index contributed by atoms with van der Waals surface area (Å²) in [6.45, 7) is 1.99. The van der Waals surface area contributed by atoms with Crippen molar-refractivity contribution < 1.29 is 14.4 Å². The van der Waals surface area contributed by atoms with Crippen LogP contribution in [-0.2, 0) is 14.4 Å². The van der Waals surface area contributed by atoms with E-state index in [-0.39, 0.29) is 22.7 Å². The van der Waals surface area contributed by atoms with Crippen LogP contribution in [0.15, 0.2) is 24.3 Å². The van der Waals surface area contributed by atoms with Crippen molar-refractivity contribution in [3.05, 3.63) is 27.8 Å². The first-order chi connectivity index (χ1) is 13.4. The Balaban J connectivity index is 1.61. The Bertz CT molecular complexity index is 811. The van der Waals surface area contributed by atoms with Crippen LogP contribution in [-0.4, -0.2) is 39.4 Å². The molecule has 2 rings (SSSR count). The Morgan fingerprint density at radius 1 is 1.07 bits per heavy atom. The zero-order valence-electron chi connectivity index (χ0n) is 15.4. The molecule has 0 fully saturated rings. The second-order valence-electron chi connectivity index (χ2n) is 5.91. The van der Waals surface area contributed by atoms with Gasteiger partial charge in [-0.05, 0) is 47.6 Å². The summed E-state index contributed by atoms with van der Waals surface area (Å²) in [6, 6.07) is 7.96. The van der Waals surface area contributed by atoms with Gasteiger partial charge >= 0.3 is 0 Å². The molecule has 2 aromatic rings. The van der Waals surface area contributed by atoms with Crippen LogP contribution in [0.3, 0.4) is 0 Å². The zero-order chi connectivity index (χ0) is 20.4. The van der Waals surface area contributed by atoms with Crippen molar-refractivity contribution in [2.45, 2.75) is 32.6 Å². The molecule has 1 aromatic heterocycles. The Morgan fingerprint density at radius 3 is 2.54 bits per heavy atom. The normalized spacial score (nSPS) is 10.5. The number of rotatable bonds is 10. The van der Waals surface area contributed by atoms with Gasteiger partial charge in [-0.15, -0.1) is 10.2 Å². The first kappa shape index (κ1) is 22.8. The van der Waals surface area contributed by atoms with Crippen molar-refractivity contribution in [3.63, 3.8) is 0 Å². The summed E-state index contributed by atoms with van der Waals surface area (Å²) in [5, 5.41) is 14.9. The van der Waals surface area contributed by atoms with E-state index < -0.39 is 0 Å². The molecular weight excluding hydrogens is 511 g/mol. The quantitative estimate of drug-likeness (QED) is 0.358. The summed E-state index contributed by atoms with van der Waals surface area (Å²) < 4.78 is 1.15. The standard InChI is InChI=1S/C18H21IN4O3S2/c1-12(24)27-11-16(26)20-10-4-2-3-5-15(25)21-18-23-22-17(28-18)13-6-8-14(19)9-7-13/h6-9H,2-5,10-11H2,1H3,(H,20,26)(H,21,23,25). The predicted molar refractivity (Wildman–Crippen MR) is 121 cm³/mol. The number of carbonyl (C=O) groups is 3. The van der Waals surface area contributed by atoms with E-state index >= 15 is 0 Å². The maximum atomic E-state index is 12.0. The minimum absolute atomic E-state index is 0.0674. The van der Waals surface area contributed by atoms with E-state index in [2.05, 4.69) is 43.4 Å². The summed E-state index contributed by atoms with van der Waals surface area (Å²) in [6.07, 6.45) is 2.75. The van der Waals surface area contributed by atoms with E-state index in [1.54, 1.807) is 0 Å². The summed E-state index contributed by atoms with van der Waals surface area (Å²) in [7, 11) is 0. The van der Waals surface area contributed by atoms with Crippen LogP contribution in [0.1, 0.15) is 32.6 Å². The highest BCUT2D eigenvalue weighted by Gasteiger charge is 2.10. The lowest BCUT2D eigenvalue weighted by atomic mass is 10.2. The molecule has 7 nitrogen and oxygen atoms in total. The number of aromatic nitrogens is 2. The van der Waals surface area contributed by atoms with Gasteiger partial charge in [0, 0.05) is 29.0 Å². The van der Waals surface area contributed by atoms with Crippen LogP contribution in [0.5, 0.6) is 0 Å². The number of amides is 2. The van der Waals surface area contributed by atoms with Gasteiger partial charge in [-0.25, -0.2) is 0 Å². The lowest BCUT2D eigenvalue weighted by Gasteiger charge is -2.04. The average Bonchev–Trinajstić information content (AvgIpc) is 3.11. The zero-order valence-corrected chi connectivity index (χ0v) is 19.2. The van der Waals surface area contributed by atoms with Crippen molar-refractivity contribution in [2.24, 2.45) is 0 Å². The number of nitrogens with one attached hydrogen (secondary N) is 2. The monoisotopic (exact) mass is 532 g/mol. The molecule has 0 radical (unpaired) electrons. The molecule has 0 aliphatic carbocycles. The Kier molecular flexibility index (Phi) is 9.85. The third-order valence-electron chi connectivity index (χ3n) is 3.57. The number of hydrogen-bond acceptors (Lipinski definition) is 7. The lowest BCUT2D eigenvalue weighted by molar-refractivity contribution is -0.119. The van der Waals surface area contributed by atoms with Gasteiger partial charge in [-0.3, -0.25) is 14.4 Å². The highest BCUT2D eigenvalue weighted by molar-refractivity contribution is 14.1. The molecule has 2 amide bonds. The first-order valence-electron chi connectivity index (χ1n) is 8.73. The van der Waals surface area contributed by atoms with E-state index in [0.29, 0.717) is 18.1 Å². The molecule has 0 saturated carbocycles. The number of carbonyl (C=O) groups excluding carboxylic acids is 3. The van der Waals surface area contributed by atoms with Crippen molar-refractivity contribution in [2.75, 3.05) is 17.6 Å². The fourth-order valence-electron chi connectivity index (χ4n) is 2.20. The Labute approximate surface area is 185 Å². The Hall–Kier alpha value is -1.53. The molecule has 0 saturated heterocycles. The highest BCUT2D eigenvalue weighted by atomic mass is 127. The maximum absolute atomic E-state index is 12.0. The van der Waals surface area contributed by atoms with Gasteiger partial charge < -0.3 is 10.6 Å². The fourth-order valence-corrected chi connectivity index (χ4v) is 3.76. The second-order valence-corrected chi connectivity index (χ2v) is 9.28. The van der Waals surface area contributed by atoms with E-state index in [0.717, 1.165) is 45.2 Å². The van der Waals surface area contributed by atoms with Crippen LogP contribution >= 0.6 is 45.7 Å². The van der Waals surface area contributed by atoms with Crippen molar-refractivity contribution in [1.82, 2.24) is 15.5 Å². The number of thioether (sulfide) groups is 1. The van der Waals surface area contributed by atoms with Gasteiger partial charge in [0.05, 0.1) is 5.75 Å². The van der Waals surface area contributed by atoms with Crippen molar-refractivity contribution in [1.29, 1.82) is 0 Å². The largest absolute Gasteiger partial charge is 0.355 e. The van der Waals surface area contributed by atoms with Crippen molar-refractivity contribution in [3.8, 4) is 10.6 Å². The molecule has 0 unspecified atom stereocenters. The van der Waals surface area contributed by atoms with Gasteiger partial charge in [0.1, 0.15) is 5.01 Å². The van der Waals surface area contributed by atoms with Gasteiger partial charge in [-0.1, -0.05) is 41.7 Å². The number of anilines is 1. The number of benzene rings is 1. The number of hydrogen-bond donors (Lipinski definition) is 2. The van der Waals surface area contributed by atoms with Gasteiger partial charge in [0.2, 0.25) is 16.9 Å². The molecule has 1 aromatic carbocycles. The summed E-state index contributed by atoms with van der Waals surface area (Å²) >= 11 is 4.59.